The quantitative estimate of drug-likeness (QED) is 0.749. The Morgan fingerprint density at radius 2 is 1.70 bits per heavy atom. The van der Waals surface area contributed by atoms with Crippen LogP contribution in [0.4, 0.5) is 5.69 Å². The summed E-state index contributed by atoms with van der Waals surface area (Å²) >= 11 is 0. The van der Waals surface area contributed by atoms with Crippen LogP contribution in [0.5, 0.6) is 11.5 Å². The summed E-state index contributed by atoms with van der Waals surface area (Å²) in [6.07, 6.45) is 0.854. The molecule has 5 nitrogen and oxygen atoms in total. The van der Waals surface area contributed by atoms with Gasteiger partial charge in [-0.2, -0.15) is 0 Å². The number of nitrogens with one attached hydrogen (secondary N) is 2. The Bertz CT molecular complexity index is 769. The van der Waals surface area contributed by atoms with Crippen LogP contribution in [-0.2, 0) is 11.2 Å². The molecule has 5 heteroatoms. The molecule has 0 spiro atoms. The van der Waals surface area contributed by atoms with Crippen LogP contribution in [0.3, 0.4) is 0 Å². The van der Waals surface area contributed by atoms with E-state index in [0.717, 1.165) is 51.7 Å². The molecular weight excluding hydrogens is 340 g/mol. The van der Waals surface area contributed by atoms with E-state index in [1.807, 2.05) is 57.2 Å². The predicted molar refractivity (Wildman–Crippen MR) is 109 cm³/mol. The number of benzene rings is 2. The lowest BCUT2D eigenvalue weighted by molar-refractivity contribution is -0.893. The lowest BCUT2D eigenvalue weighted by Gasteiger charge is -2.22. The molecule has 0 aliphatic carbocycles. The van der Waals surface area contributed by atoms with Gasteiger partial charge in [0.25, 0.3) is 5.91 Å². The Morgan fingerprint density at radius 1 is 1.07 bits per heavy atom. The SMILES string of the molecule is COc1ccc(CC[NH+](C)[C@H](C)C(=O)Nc2c(C)cccc2C)cc1OC. The Balaban J connectivity index is 1.97. The van der Waals surface area contributed by atoms with Crippen LogP contribution in [-0.4, -0.2) is 39.8 Å². The van der Waals surface area contributed by atoms with Gasteiger partial charge in [-0.25, -0.2) is 0 Å². The highest BCUT2D eigenvalue weighted by molar-refractivity contribution is 5.95. The van der Waals surface area contributed by atoms with Gasteiger partial charge in [0.1, 0.15) is 0 Å². The summed E-state index contributed by atoms with van der Waals surface area (Å²) in [5, 5.41) is 3.09. The Hall–Kier alpha value is -2.53. The third-order valence-electron chi connectivity index (χ3n) is 5.12. The van der Waals surface area contributed by atoms with Crippen LogP contribution >= 0.6 is 0 Å². The van der Waals surface area contributed by atoms with Crippen molar-refractivity contribution in [3.05, 3.63) is 53.1 Å². The van der Waals surface area contributed by atoms with Gasteiger partial charge in [-0.15, -0.1) is 0 Å². The number of para-hydroxylation sites is 1. The number of methoxy groups -OCH3 is 2. The largest absolute Gasteiger partial charge is 0.493 e. The maximum atomic E-state index is 12.7. The Kier molecular flexibility index (Phi) is 7.25. The summed E-state index contributed by atoms with van der Waals surface area (Å²) in [5.41, 5.74) is 4.24. The Labute approximate surface area is 162 Å². The molecule has 1 unspecified atom stereocenters. The summed E-state index contributed by atoms with van der Waals surface area (Å²) in [5.74, 6) is 1.49. The molecule has 0 fully saturated rings. The molecule has 0 bridgehead atoms. The maximum absolute atomic E-state index is 12.7. The van der Waals surface area contributed by atoms with E-state index < -0.39 is 0 Å². The second-order valence-corrected chi connectivity index (χ2v) is 7.01. The predicted octanol–water partition coefficient (Wildman–Crippen LogP) is 2.41. The zero-order valence-corrected chi connectivity index (χ0v) is 17.2. The molecule has 2 aromatic rings. The minimum Gasteiger partial charge on any atom is -0.493 e. The van der Waals surface area contributed by atoms with Crippen molar-refractivity contribution >= 4 is 11.6 Å². The minimum atomic E-state index is -0.149. The number of aryl methyl sites for hydroxylation is 2. The standard InChI is InChI=1S/C22H30N2O3/c1-15-8-7-9-16(2)21(15)23-22(25)17(3)24(4)13-12-18-10-11-19(26-5)20(14-18)27-6/h7-11,14,17H,12-13H2,1-6H3,(H,23,25)/p+1/t17-/m1/s1. The van der Waals surface area contributed by atoms with Crippen LogP contribution in [0.1, 0.15) is 23.6 Å². The molecule has 0 saturated carbocycles. The normalized spacial score (nSPS) is 13.0. The molecule has 0 radical (unpaired) electrons. The van der Waals surface area contributed by atoms with Crippen molar-refractivity contribution in [1.82, 2.24) is 0 Å². The van der Waals surface area contributed by atoms with Crippen LogP contribution in [0.15, 0.2) is 36.4 Å². The van der Waals surface area contributed by atoms with Gasteiger partial charge in [-0.1, -0.05) is 24.3 Å². The third-order valence-corrected chi connectivity index (χ3v) is 5.12. The number of ether oxygens (including phenoxy) is 2. The van der Waals surface area contributed by atoms with Crippen molar-refractivity contribution < 1.29 is 19.2 Å². The second-order valence-electron chi connectivity index (χ2n) is 7.01. The van der Waals surface area contributed by atoms with Crippen molar-refractivity contribution in [2.24, 2.45) is 0 Å². The molecule has 2 rings (SSSR count). The molecule has 27 heavy (non-hydrogen) atoms. The van der Waals surface area contributed by atoms with E-state index in [1.165, 1.54) is 0 Å². The lowest BCUT2D eigenvalue weighted by Crippen LogP contribution is -3.14. The highest BCUT2D eigenvalue weighted by atomic mass is 16.5. The summed E-state index contributed by atoms with van der Waals surface area (Å²) < 4.78 is 10.6. The number of hydrogen-bond acceptors (Lipinski definition) is 3. The third kappa shape index (κ3) is 5.23. The van der Waals surface area contributed by atoms with Crippen molar-refractivity contribution in [2.75, 3.05) is 33.1 Å². The van der Waals surface area contributed by atoms with E-state index in [-0.39, 0.29) is 11.9 Å². The van der Waals surface area contributed by atoms with E-state index in [0.29, 0.717) is 0 Å². The lowest BCUT2D eigenvalue weighted by atomic mass is 10.1. The first-order valence-corrected chi connectivity index (χ1v) is 9.27. The fraction of sp³-hybridized carbons (Fsp3) is 0.409. The molecule has 2 aromatic carbocycles. The minimum absolute atomic E-state index is 0.0391. The number of rotatable bonds is 8. The van der Waals surface area contributed by atoms with Crippen LogP contribution in [0.25, 0.3) is 0 Å². The van der Waals surface area contributed by atoms with Crippen molar-refractivity contribution in [3.8, 4) is 11.5 Å². The highest BCUT2D eigenvalue weighted by Crippen LogP contribution is 2.27. The van der Waals surface area contributed by atoms with E-state index >= 15 is 0 Å². The molecule has 0 heterocycles. The number of carbonyl (C=O) groups is 1. The number of quaternary nitrogens is 1. The van der Waals surface area contributed by atoms with Gasteiger partial charge in [0.05, 0.1) is 27.8 Å². The molecule has 2 N–H and O–H groups in total. The van der Waals surface area contributed by atoms with Gasteiger partial charge in [-0.3, -0.25) is 4.79 Å². The summed E-state index contributed by atoms with van der Waals surface area (Å²) in [7, 11) is 5.32. The Morgan fingerprint density at radius 3 is 2.30 bits per heavy atom. The average Bonchev–Trinajstić information content (AvgIpc) is 2.67. The first kappa shape index (κ1) is 20.8. The van der Waals surface area contributed by atoms with Crippen molar-refractivity contribution in [1.29, 1.82) is 0 Å². The summed E-state index contributed by atoms with van der Waals surface area (Å²) in [4.78, 5) is 13.8. The van der Waals surface area contributed by atoms with Gasteiger partial charge >= 0.3 is 0 Å². The molecular formula is C22H31N2O3+. The average molecular weight is 372 g/mol. The molecule has 0 aliphatic heterocycles. The number of carbonyl (C=O) groups excluding carboxylic acids is 1. The van der Waals surface area contributed by atoms with Crippen molar-refractivity contribution in [3.63, 3.8) is 0 Å². The van der Waals surface area contributed by atoms with E-state index in [4.69, 9.17) is 9.47 Å². The van der Waals surface area contributed by atoms with Gasteiger partial charge in [0.15, 0.2) is 17.5 Å². The first-order valence-electron chi connectivity index (χ1n) is 9.27. The van der Waals surface area contributed by atoms with Gasteiger partial charge in [-0.05, 0) is 49.6 Å². The van der Waals surface area contributed by atoms with Crippen LogP contribution < -0.4 is 19.7 Å². The maximum Gasteiger partial charge on any atom is 0.282 e. The topological polar surface area (TPSA) is 52.0 Å². The molecule has 1 amide bonds. The monoisotopic (exact) mass is 371 g/mol. The smallest absolute Gasteiger partial charge is 0.282 e. The van der Waals surface area contributed by atoms with Gasteiger partial charge in [0, 0.05) is 12.1 Å². The zero-order chi connectivity index (χ0) is 20.0. The fourth-order valence-electron chi connectivity index (χ4n) is 3.06. The first-order chi connectivity index (χ1) is 12.9. The summed E-state index contributed by atoms with van der Waals surface area (Å²) in [6, 6.07) is 11.8. The van der Waals surface area contributed by atoms with E-state index in [1.54, 1.807) is 14.2 Å². The van der Waals surface area contributed by atoms with Gasteiger partial charge in [0.2, 0.25) is 0 Å². The van der Waals surface area contributed by atoms with Crippen LogP contribution in [0, 0.1) is 13.8 Å². The molecule has 0 aromatic heterocycles. The van der Waals surface area contributed by atoms with E-state index in [2.05, 4.69) is 12.4 Å². The van der Waals surface area contributed by atoms with Crippen LogP contribution in [0.2, 0.25) is 0 Å². The number of amides is 1. The summed E-state index contributed by atoms with van der Waals surface area (Å²) in [6.45, 7) is 6.84. The van der Waals surface area contributed by atoms with E-state index in [9.17, 15) is 4.79 Å². The molecule has 0 aliphatic rings. The molecule has 146 valence electrons. The number of hydrogen-bond donors (Lipinski definition) is 2. The fourth-order valence-corrected chi connectivity index (χ4v) is 3.06. The number of anilines is 1. The molecule has 0 saturated heterocycles. The zero-order valence-electron chi connectivity index (χ0n) is 17.2. The number of likely N-dealkylation sites (N-methyl/N-ethyl adjacent to an activating group) is 1. The van der Waals surface area contributed by atoms with Gasteiger partial charge < -0.3 is 19.7 Å². The molecule has 2 atom stereocenters. The highest BCUT2D eigenvalue weighted by Gasteiger charge is 2.22. The second kappa shape index (κ2) is 9.42. The van der Waals surface area contributed by atoms with Crippen molar-refractivity contribution in [2.45, 2.75) is 33.2 Å².